The number of aromatic nitrogens is 1. The van der Waals surface area contributed by atoms with Crippen molar-refractivity contribution < 1.29 is 8.78 Å². The topological polar surface area (TPSA) is 62.7 Å². The van der Waals surface area contributed by atoms with Crippen LogP contribution in [0, 0.1) is 18.3 Å². The third-order valence-electron chi connectivity index (χ3n) is 1.59. The first-order valence-electron chi connectivity index (χ1n) is 3.51. The van der Waals surface area contributed by atoms with Gasteiger partial charge in [-0.15, -0.1) is 0 Å². The number of halogens is 2. The van der Waals surface area contributed by atoms with Crippen LogP contribution in [0.2, 0.25) is 0 Å². The van der Waals surface area contributed by atoms with Crippen molar-refractivity contribution in [3.63, 3.8) is 0 Å². The van der Waals surface area contributed by atoms with Gasteiger partial charge in [0.1, 0.15) is 11.8 Å². The molecule has 0 fully saturated rings. The van der Waals surface area contributed by atoms with Crippen LogP contribution < -0.4 is 5.73 Å². The van der Waals surface area contributed by atoms with Crippen LogP contribution in [0.4, 0.5) is 14.5 Å². The highest BCUT2D eigenvalue weighted by Gasteiger charge is 2.14. The first-order chi connectivity index (χ1) is 6.06. The van der Waals surface area contributed by atoms with E-state index in [1.54, 1.807) is 6.07 Å². The van der Waals surface area contributed by atoms with E-state index in [9.17, 15) is 8.78 Å². The maximum Gasteiger partial charge on any atom is 0.280 e. The summed E-state index contributed by atoms with van der Waals surface area (Å²) < 4.78 is 24.5. The number of aryl methyl sites for hydroxylation is 1. The van der Waals surface area contributed by atoms with Gasteiger partial charge < -0.3 is 5.73 Å². The van der Waals surface area contributed by atoms with Crippen molar-refractivity contribution in [2.45, 2.75) is 13.3 Å². The summed E-state index contributed by atoms with van der Waals surface area (Å²) in [6, 6.07) is 2.97. The van der Waals surface area contributed by atoms with Crippen molar-refractivity contribution in [1.82, 2.24) is 4.98 Å². The number of nitrogen functional groups attached to an aromatic ring is 1. The molecule has 0 aliphatic carbocycles. The Morgan fingerprint density at radius 2 is 2.23 bits per heavy atom. The number of nitrogens with zero attached hydrogens (tertiary/aromatic N) is 2. The third-order valence-corrected chi connectivity index (χ3v) is 1.59. The van der Waals surface area contributed by atoms with Crippen LogP contribution >= 0.6 is 0 Å². The Labute approximate surface area is 73.8 Å². The lowest BCUT2D eigenvalue weighted by molar-refractivity contribution is 0.145. The van der Waals surface area contributed by atoms with Crippen molar-refractivity contribution in [3.05, 3.63) is 23.0 Å². The molecule has 0 radical (unpaired) electrons. The first kappa shape index (κ1) is 9.39. The van der Waals surface area contributed by atoms with Gasteiger partial charge >= 0.3 is 0 Å². The Kier molecular flexibility index (Phi) is 2.42. The second kappa shape index (κ2) is 3.35. The fourth-order valence-corrected chi connectivity index (χ4v) is 0.959. The van der Waals surface area contributed by atoms with Gasteiger partial charge in [0.15, 0.2) is 5.69 Å². The number of hydrogen-bond donors (Lipinski definition) is 1. The maximum absolute atomic E-state index is 12.3. The Morgan fingerprint density at radius 3 is 2.69 bits per heavy atom. The average molecular weight is 183 g/mol. The molecule has 1 rings (SSSR count). The van der Waals surface area contributed by atoms with Crippen molar-refractivity contribution in [1.29, 1.82) is 5.26 Å². The number of nitrogens with two attached hydrogens (primary N) is 1. The molecule has 2 N–H and O–H groups in total. The highest BCUT2D eigenvalue weighted by atomic mass is 19.3. The van der Waals surface area contributed by atoms with Gasteiger partial charge in [-0.3, -0.25) is 0 Å². The zero-order valence-corrected chi connectivity index (χ0v) is 6.88. The SMILES string of the molecule is Cc1cc(N)c(C#N)nc1C(F)F. The fourth-order valence-electron chi connectivity index (χ4n) is 0.959. The van der Waals surface area contributed by atoms with Crippen LogP contribution in [0.5, 0.6) is 0 Å². The van der Waals surface area contributed by atoms with E-state index in [-0.39, 0.29) is 17.1 Å². The minimum absolute atomic E-state index is 0.129. The molecule has 0 unspecified atom stereocenters. The Hall–Kier alpha value is -1.70. The summed E-state index contributed by atoms with van der Waals surface area (Å²) in [5.41, 5.74) is 5.26. The number of anilines is 1. The van der Waals surface area contributed by atoms with E-state index >= 15 is 0 Å². The molecular formula is C8H7F2N3. The summed E-state index contributed by atoms with van der Waals surface area (Å²) in [6.45, 7) is 1.48. The van der Waals surface area contributed by atoms with Gasteiger partial charge in [-0.05, 0) is 18.6 Å². The lowest BCUT2D eigenvalue weighted by atomic mass is 10.2. The van der Waals surface area contributed by atoms with Crippen LogP contribution in [-0.4, -0.2) is 4.98 Å². The van der Waals surface area contributed by atoms with Crippen LogP contribution in [0.15, 0.2) is 6.07 Å². The van der Waals surface area contributed by atoms with Gasteiger partial charge in [-0.2, -0.15) is 5.26 Å². The minimum atomic E-state index is -2.67. The molecule has 1 heterocycles. The third kappa shape index (κ3) is 1.72. The fraction of sp³-hybridized carbons (Fsp3) is 0.250. The molecule has 0 saturated carbocycles. The standard InChI is InChI=1S/C8H7F2N3/c1-4-2-5(12)6(3-11)13-7(4)8(9)10/h2,8H,12H2,1H3. The molecule has 0 atom stereocenters. The molecule has 0 spiro atoms. The molecule has 3 nitrogen and oxygen atoms in total. The monoisotopic (exact) mass is 183 g/mol. The quantitative estimate of drug-likeness (QED) is 0.721. The number of rotatable bonds is 1. The summed E-state index contributed by atoms with van der Waals surface area (Å²) >= 11 is 0. The molecule has 13 heavy (non-hydrogen) atoms. The lowest BCUT2D eigenvalue weighted by Crippen LogP contribution is -2.01. The molecule has 1 aromatic rings. The number of hydrogen-bond acceptors (Lipinski definition) is 3. The average Bonchev–Trinajstić information content (AvgIpc) is 2.03. The summed E-state index contributed by atoms with van der Waals surface area (Å²) in [4.78, 5) is 3.45. The lowest BCUT2D eigenvalue weighted by Gasteiger charge is -2.05. The van der Waals surface area contributed by atoms with E-state index in [4.69, 9.17) is 11.0 Å². The minimum Gasteiger partial charge on any atom is -0.396 e. The molecular weight excluding hydrogens is 176 g/mol. The number of alkyl halides is 2. The van der Waals surface area contributed by atoms with Gasteiger partial charge in [-0.25, -0.2) is 13.8 Å². The molecule has 0 aliphatic rings. The highest BCUT2D eigenvalue weighted by molar-refractivity contribution is 5.52. The van der Waals surface area contributed by atoms with E-state index in [0.717, 1.165) is 0 Å². The molecule has 0 bridgehead atoms. The normalized spacial score (nSPS) is 10.1. The smallest absolute Gasteiger partial charge is 0.280 e. The summed E-state index contributed by atoms with van der Waals surface area (Å²) in [6.07, 6.45) is -2.67. The highest BCUT2D eigenvalue weighted by Crippen LogP contribution is 2.23. The largest absolute Gasteiger partial charge is 0.396 e. The van der Waals surface area contributed by atoms with E-state index in [0.29, 0.717) is 5.56 Å². The Bertz CT molecular complexity index is 368. The van der Waals surface area contributed by atoms with E-state index in [1.165, 1.54) is 13.0 Å². The second-order valence-corrected chi connectivity index (χ2v) is 2.54. The molecule has 68 valence electrons. The molecule has 0 saturated heterocycles. The van der Waals surface area contributed by atoms with Crippen LogP contribution in [0.25, 0.3) is 0 Å². The predicted octanol–water partition coefficient (Wildman–Crippen LogP) is 1.78. The summed E-state index contributed by atoms with van der Waals surface area (Å²) in [7, 11) is 0. The Morgan fingerprint density at radius 1 is 1.62 bits per heavy atom. The van der Waals surface area contributed by atoms with Crippen molar-refractivity contribution in [2.24, 2.45) is 0 Å². The zero-order valence-electron chi connectivity index (χ0n) is 6.88. The van der Waals surface area contributed by atoms with Gasteiger partial charge in [0.05, 0.1) is 5.69 Å². The molecule has 0 aliphatic heterocycles. The number of nitriles is 1. The number of pyridine rings is 1. The predicted molar refractivity (Wildman–Crippen MR) is 43.1 cm³/mol. The van der Waals surface area contributed by atoms with Crippen molar-refractivity contribution in [2.75, 3.05) is 5.73 Å². The molecule has 5 heteroatoms. The van der Waals surface area contributed by atoms with Gasteiger partial charge in [0, 0.05) is 0 Å². The maximum atomic E-state index is 12.3. The van der Waals surface area contributed by atoms with Crippen LogP contribution in [0.1, 0.15) is 23.4 Å². The van der Waals surface area contributed by atoms with Crippen molar-refractivity contribution in [3.8, 4) is 6.07 Å². The summed E-state index contributed by atoms with van der Waals surface area (Å²) in [5.74, 6) is 0. The van der Waals surface area contributed by atoms with Gasteiger partial charge in [-0.1, -0.05) is 0 Å². The van der Waals surface area contributed by atoms with Gasteiger partial charge in [0.2, 0.25) is 0 Å². The molecule has 0 aromatic carbocycles. The van der Waals surface area contributed by atoms with E-state index in [2.05, 4.69) is 4.98 Å². The Balaban J connectivity index is 3.33. The van der Waals surface area contributed by atoms with Crippen LogP contribution in [0.3, 0.4) is 0 Å². The first-order valence-corrected chi connectivity index (χ1v) is 3.51. The van der Waals surface area contributed by atoms with Crippen molar-refractivity contribution >= 4 is 5.69 Å². The van der Waals surface area contributed by atoms with Gasteiger partial charge in [0.25, 0.3) is 6.43 Å². The van der Waals surface area contributed by atoms with Crippen LogP contribution in [-0.2, 0) is 0 Å². The molecule has 1 aromatic heterocycles. The van der Waals surface area contributed by atoms with E-state index < -0.39 is 6.43 Å². The second-order valence-electron chi connectivity index (χ2n) is 2.54. The van der Waals surface area contributed by atoms with E-state index in [1.807, 2.05) is 0 Å². The molecule has 0 amide bonds. The summed E-state index contributed by atoms with van der Waals surface area (Å²) in [5, 5.41) is 8.48. The zero-order chi connectivity index (χ0) is 10.0.